The summed E-state index contributed by atoms with van der Waals surface area (Å²) in [4.78, 5) is 14.7. The predicted octanol–water partition coefficient (Wildman–Crippen LogP) is 3.34. The summed E-state index contributed by atoms with van der Waals surface area (Å²) in [6.07, 6.45) is 2.60. The van der Waals surface area contributed by atoms with Crippen LogP contribution in [0.5, 0.6) is 0 Å². The van der Waals surface area contributed by atoms with Crippen LogP contribution in [0.3, 0.4) is 0 Å². The average molecular weight is 288 g/mol. The molecule has 3 nitrogen and oxygen atoms in total. The van der Waals surface area contributed by atoms with Crippen LogP contribution in [0, 0.1) is 0 Å². The van der Waals surface area contributed by atoms with Crippen LogP contribution in [0.2, 0.25) is 4.34 Å². The molecule has 0 saturated heterocycles. The highest BCUT2D eigenvalue weighted by Crippen LogP contribution is 2.22. The molecule has 0 bridgehead atoms. The van der Waals surface area contributed by atoms with E-state index >= 15 is 0 Å². The summed E-state index contributed by atoms with van der Waals surface area (Å²) in [6.45, 7) is 3.49. The number of hydrogen-bond donors (Lipinski definition) is 0. The molecule has 0 amide bonds. The van der Waals surface area contributed by atoms with Crippen LogP contribution in [0.4, 0.5) is 0 Å². The third kappa shape index (κ3) is 4.80. The Labute approximate surface area is 117 Å². The second-order valence-corrected chi connectivity index (χ2v) is 5.78. The lowest BCUT2D eigenvalue weighted by Crippen LogP contribution is -2.18. The van der Waals surface area contributed by atoms with E-state index in [1.807, 2.05) is 32.2 Å². The zero-order valence-electron chi connectivity index (χ0n) is 10.9. The van der Waals surface area contributed by atoms with E-state index in [1.54, 1.807) is 11.3 Å². The number of nitrogens with zero attached hydrogens (tertiary/aromatic N) is 1. The molecule has 100 valence electrons. The summed E-state index contributed by atoms with van der Waals surface area (Å²) >= 11 is 7.46. The molecule has 1 aromatic rings. The minimum Gasteiger partial charge on any atom is -0.466 e. The molecule has 1 heterocycles. The van der Waals surface area contributed by atoms with Crippen LogP contribution < -0.4 is 0 Å². The molecule has 0 aliphatic rings. The van der Waals surface area contributed by atoms with Gasteiger partial charge >= 0.3 is 5.97 Å². The van der Waals surface area contributed by atoms with E-state index in [2.05, 4.69) is 4.90 Å². The lowest BCUT2D eigenvalue weighted by molar-refractivity contribution is -0.136. The molecule has 0 aromatic carbocycles. The van der Waals surface area contributed by atoms with Crippen LogP contribution in [-0.4, -0.2) is 31.6 Å². The SMILES string of the molecule is CCC(=CCN(C)Cc1ccc(Cl)s1)C(=O)OC. The molecule has 0 aliphatic heterocycles. The molecule has 18 heavy (non-hydrogen) atoms. The van der Waals surface area contributed by atoms with Gasteiger partial charge in [0.1, 0.15) is 0 Å². The van der Waals surface area contributed by atoms with Crippen LogP contribution >= 0.6 is 22.9 Å². The number of hydrogen-bond acceptors (Lipinski definition) is 4. The summed E-state index contributed by atoms with van der Waals surface area (Å²) in [7, 11) is 3.41. The van der Waals surface area contributed by atoms with Gasteiger partial charge in [0, 0.05) is 23.5 Å². The van der Waals surface area contributed by atoms with Crippen molar-refractivity contribution in [2.75, 3.05) is 20.7 Å². The van der Waals surface area contributed by atoms with Crippen molar-refractivity contribution in [2.24, 2.45) is 0 Å². The van der Waals surface area contributed by atoms with Crippen LogP contribution in [0.15, 0.2) is 23.8 Å². The molecule has 0 spiro atoms. The first-order valence-corrected chi connectivity index (χ1v) is 6.96. The Morgan fingerprint density at radius 2 is 2.28 bits per heavy atom. The van der Waals surface area contributed by atoms with E-state index in [0.29, 0.717) is 18.5 Å². The Kier molecular flexibility index (Phi) is 6.39. The lowest BCUT2D eigenvalue weighted by Gasteiger charge is -2.13. The normalized spacial score (nSPS) is 11.9. The van der Waals surface area contributed by atoms with Gasteiger partial charge < -0.3 is 4.74 Å². The zero-order chi connectivity index (χ0) is 13.5. The second-order valence-electron chi connectivity index (χ2n) is 3.98. The van der Waals surface area contributed by atoms with E-state index in [0.717, 1.165) is 10.9 Å². The number of carbonyl (C=O) groups excluding carboxylic acids is 1. The number of likely N-dealkylation sites (N-methyl/N-ethyl adjacent to an activating group) is 1. The van der Waals surface area contributed by atoms with Gasteiger partial charge in [0.25, 0.3) is 0 Å². The summed E-state index contributed by atoms with van der Waals surface area (Å²) in [5.74, 6) is -0.245. The highest BCUT2D eigenvalue weighted by atomic mass is 35.5. The van der Waals surface area contributed by atoms with Gasteiger partial charge in [-0.05, 0) is 25.6 Å². The third-order valence-electron chi connectivity index (χ3n) is 2.53. The van der Waals surface area contributed by atoms with Crippen LogP contribution in [-0.2, 0) is 16.1 Å². The van der Waals surface area contributed by atoms with Crippen molar-refractivity contribution in [1.29, 1.82) is 0 Å². The Hall–Kier alpha value is -0.840. The standard InChI is InChI=1S/C13H18ClNO2S/c1-4-10(13(16)17-3)7-8-15(2)9-11-5-6-12(14)18-11/h5-7H,4,8-9H2,1-3H3. The van der Waals surface area contributed by atoms with Crippen molar-refractivity contribution < 1.29 is 9.53 Å². The molecule has 0 saturated carbocycles. The predicted molar refractivity (Wildman–Crippen MR) is 76.1 cm³/mol. The van der Waals surface area contributed by atoms with E-state index < -0.39 is 0 Å². The van der Waals surface area contributed by atoms with Crippen molar-refractivity contribution in [3.05, 3.63) is 33.0 Å². The Bertz CT molecular complexity index is 428. The largest absolute Gasteiger partial charge is 0.466 e. The zero-order valence-corrected chi connectivity index (χ0v) is 12.5. The minimum absolute atomic E-state index is 0.245. The first kappa shape index (κ1) is 15.2. The maximum Gasteiger partial charge on any atom is 0.333 e. The van der Waals surface area contributed by atoms with E-state index in [9.17, 15) is 4.79 Å². The number of methoxy groups -OCH3 is 1. The van der Waals surface area contributed by atoms with Crippen molar-refractivity contribution >= 4 is 28.9 Å². The van der Waals surface area contributed by atoms with Gasteiger partial charge in [-0.1, -0.05) is 24.6 Å². The Morgan fingerprint density at radius 3 is 2.78 bits per heavy atom. The van der Waals surface area contributed by atoms with Gasteiger partial charge in [0.05, 0.1) is 11.4 Å². The fraction of sp³-hybridized carbons (Fsp3) is 0.462. The summed E-state index contributed by atoms with van der Waals surface area (Å²) in [5.41, 5.74) is 0.716. The van der Waals surface area contributed by atoms with Gasteiger partial charge in [-0.15, -0.1) is 11.3 Å². The highest BCUT2D eigenvalue weighted by molar-refractivity contribution is 7.16. The molecular weight excluding hydrogens is 270 g/mol. The third-order valence-corrected chi connectivity index (χ3v) is 3.75. The van der Waals surface area contributed by atoms with E-state index in [4.69, 9.17) is 16.3 Å². The van der Waals surface area contributed by atoms with Gasteiger partial charge in [-0.25, -0.2) is 4.79 Å². The number of ether oxygens (including phenoxy) is 1. The molecule has 0 aliphatic carbocycles. The summed E-state index contributed by atoms with van der Waals surface area (Å²) in [6, 6.07) is 3.92. The van der Waals surface area contributed by atoms with Gasteiger partial charge in [-0.3, -0.25) is 4.90 Å². The molecule has 5 heteroatoms. The molecule has 1 aromatic heterocycles. The Morgan fingerprint density at radius 1 is 1.56 bits per heavy atom. The molecule has 0 unspecified atom stereocenters. The summed E-state index contributed by atoms with van der Waals surface area (Å²) < 4.78 is 5.52. The fourth-order valence-corrected chi connectivity index (χ4v) is 2.70. The van der Waals surface area contributed by atoms with Crippen LogP contribution in [0.1, 0.15) is 18.2 Å². The molecule has 0 fully saturated rings. The first-order chi connectivity index (χ1) is 8.56. The summed E-state index contributed by atoms with van der Waals surface area (Å²) in [5, 5.41) is 0. The quantitative estimate of drug-likeness (QED) is 0.594. The van der Waals surface area contributed by atoms with Crippen molar-refractivity contribution in [3.8, 4) is 0 Å². The van der Waals surface area contributed by atoms with Gasteiger partial charge in [-0.2, -0.15) is 0 Å². The lowest BCUT2D eigenvalue weighted by atomic mass is 10.2. The number of rotatable bonds is 6. The number of halogens is 1. The molecule has 0 atom stereocenters. The Balaban J connectivity index is 2.51. The number of thiophene rings is 1. The van der Waals surface area contributed by atoms with E-state index in [-0.39, 0.29) is 5.97 Å². The van der Waals surface area contributed by atoms with E-state index in [1.165, 1.54) is 12.0 Å². The smallest absolute Gasteiger partial charge is 0.333 e. The molecular formula is C13H18ClNO2S. The van der Waals surface area contributed by atoms with Gasteiger partial charge in [0.2, 0.25) is 0 Å². The van der Waals surface area contributed by atoms with Crippen molar-refractivity contribution in [1.82, 2.24) is 4.90 Å². The fourth-order valence-electron chi connectivity index (χ4n) is 1.54. The maximum atomic E-state index is 11.4. The van der Waals surface area contributed by atoms with Crippen molar-refractivity contribution in [2.45, 2.75) is 19.9 Å². The first-order valence-electron chi connectivity index (χ1n) is 5.77. The molecule has 1 rings (SSSR count). The molecule has 0 N–H and O–H groups in total. The second kappa shape index (κ2) is 7.56. The highest BCUT2D eigenvalue weighted by Gasteiger charge is 2.07. The number of carbonyl (C=O) groups is 1. The topological polar surface area (TPSA) is 29.5 Å². The van der Waals surface area contributed by atoms with Crippen molar-refractivity contribution in [3.63, 3.8) is 0 Å². The minimum atomic E-state index is -0.245. The number of esters is 1. The average Bonchev–Trinajstić information content (AvgIpc) is 2.75. The van der Waals surface area contributed by atoms with Gasteiger partial charge in [0.15, 0.2) is 0 Å². The monoisotopic (exact) mass is 287 g/mol. The van der Waals surface area contributed by atoms with Crippen LogP contribution in [0.25, 0.3) is 0 Å². The molecule has 0 radical (unpaired) electrons. The maximum absolute atomic E-state index is 11.4.